The molecule has 0 amide bonds. The molecule has 0 fully saturated rings. The highest BCUT2D eigenvalue weighted by Crippen LogP contribution is 2.13. The van der Waals surface area contributed by atoms with Crippen LogP contribution in [0.15, 0.2) is 60.8 Å². The first kappa shape index (κ1) is 14.9. The van der Waals surface area contributed by atoms with Crippen LogP contribution in [0.5, 0.6) is 0 Å². The maximum Gasteiger partial charge on any atom is 0.244 e. The molecule has 6 heteroatoms. The second-order valence-electron chi connectivity index (χ2n) is 4.92. The second kappa shape index (κ2) is 7.31. The fourth-order valence-corrected chi connectivity index (χ4v) is 2.12. The lowest BCUT2D eigenvalue weighted by Crippen LogP contribution is -2.10. The summed E-state index contributed by atoms with van der Waals surface area (Å²) in [5, 5.41) is 14.0. The summed E-state index contributed by atoms with van der Waals surface area (Å²) in [5.74, 6) is 0.801. The number of para-hydroxylation sites is 1. The third-order valence-corrected chi connectivity index (χ3v) is 3.24. The SMILES string of the molecule is Fc1ccccc1CCNc1nncc(Nc2ccccc2)n1. The number of nitrogens with zero attached hydrogens (tertiary/aromatic N) is 3. The minimum Gasteiger partial charge on any atom is -0.353 e. The van der Waals surface area contributed by atoms with Crippen molar-refractivity contribution in [3.63, 3.8) is 0 Å². The summed E-state index contributed by atoms with van der Waals surface area (Å²) in [6, 6.07) is 16.4. The van der Waals surface area contributed by atoms with Gasteiger partial charge in [-0.15, -0.1) is 5.10 Å². The van der Waals surface area contributed by atoms with Crippen molar-refractivity contribution in [1.82, 2.24) is 15.2 Å². The Kier molecular flexibility index (Phi) is 4.73. The number of nitrogens with one attached hydrogen (secondary N) is 2. The van der Waals surface area contributed by atoms with Gasteiger partial charge in [0.25, 0.3) is 0 Å². The highest BCUT2D eigenvalue weighted by molar-refractivity contribution is 5.55. The largest absolute Gasteiger partial charge is 0.353 e. The van der Waals surface area contributed by atoms with Gasteiger partial charge < -0.3 is 10.6 Å². The van der Waals surface area contributed by atoms with E-state index in [1.54, 1.807) is 18.3 Å². The number of hydrogen-bond acceptors (Lipinski definition) is 5. The van der Waals surface area contributed by atoms with Crippen molar-refractivity contribution in [2.75, 3.05) is 17.2 Å². The highest BCUT2D eigenvalue weighted by Gasteiger charge is 2.03. The smallest absolute Gasteiger partial charge is 0.244 e. The van der Waals surface area contributed by atoms with Gasteiger partial charge in [0.05, 0.1) is 6.20 Å². The molecule has 1 heterocycles. The van der Waals surface area contributed by atoms with E-state index >= 15 is 0 Å². The average molecular weight is 309 g/mol. The molecule has 0 saturated carbocycles. The number of hydrogen-bond donors (Lipinski definition) is 2. The Balaban J connectivity index is 1.58. The van der Waals surface area contributed by atoms with Gasteiger partial charge in [0.2, 0.25) is 5.95 Å². The predicted molar refractivity (Wildman–Crippen MR) is 88.1 cm³/mol. The maximum absolute atomic E-state index is 13.5. The summed E-state index contributed by atoms with van der Waals surface area (Å²) in [7, 11) is 0. The summed E-state index contributed by atoms with van der Waals surface area (Å²) < 4.78 is 13.5. The molecular formula is C17H16FN5. The molecule has 23 heavy (non-hydrogen) atoms. The monoisotopic (exact) mass is 309 g/mol. The maximum atomic E-state index is 13.5. The van der Waals surface area contributed by atoms with Crippen LogP contribution in [-0.4, -0.2) is 21.7 Å². The number of rotatable bonds is 6. The zero-order chi connectivity index (χ0) is 15.9. The molecule has 0 aliphatic rings. The highest BCUT2D eigenvalue weighted by atomic mass is 19.1. The van der Waals surface area contributed by atoms with Crippen LogP contribution in [0.2, 0.25) is 0 Å². The molecule has 0 spiro atoms. The second-order valence-corrected chi connectivity index (χ2v) is 4.92. The lowest BCUT2D eigenvalue weighted by atomic mass is 10.1. The van der Waals surface area contributed by atoms with E-state index in [1.165, 1.54) is 6.07 Å². The standard InChI is InChI=1S/C17H16FN5/c18-15-9-5-4-6-13(15)10-11-19-17-22-16(12-20-23-17)21-14-7-2-1-3-8-14/h1-9,12H,10-11H2,(H2,19,21,22,23). The van der Waals surface area contributed by atoms with Crippen molar-refractivity contribution in [1.29, 1.82) is 0 Å². The van der Waals surface area contributed by atoms with Crippen LogP contribution < -0.4 is 10.6 Å². The lowest BCUT2D eigenvalue weighted by Gasteiger charge is -2.08. The summed E-state index contributed by atoms with van der Waals surface area (Å²) >= 11 is 0. The number of anilines is 3. The third-order valence-electron chi connectivity index (χ3n) is 3.24. The first-order chi connectivity index (χ1) is 11.3. The zero-order valence-electron chi connectivity index (χ0n) is 12.4. The Morgan fingerprint density at radius 1 is 0.957 bits per heavy atom. The van der Waals surface area contributed by atoms with Gasteiger partial charge in [0.15, 0.2) is 5.82 Å². The van der Waals surface area contributed by atoms with Crippen LogP contribution in [-0.2, 0) is 6.42 Å². The van der Waals surface area contributed by atoms with Crippen LogP contribution in [0, 0.1) is 5.82 Å². The molecule has 1 aromatic heterocycles. The van der Waals surface area contributed by atoms with Gasteiger partial charge in [-0.3, -0.25) is 0 Å². The van der Waals surface area contributed by atoms with Gasteiger partial charge in [-0.05, 0) is 30.2 Å². The Hall–Kier alpha value is -3.02. The molecule has 0 atom stereocenters. The van der Waals surface area contributed by atoms with Crippen molar-refractivity contribution in [2.45, 2.75) is 6.42 Å². The van der Waals surface area contributed by atoms with E-state index in [1.807, 2.05) is 36.4 Å². The van der Waals surface area contributed by atoms with E-state index in [0.717, 1.165) is 5.69 Å². The predicted octanol–water partition coefficient (Wildman–Crippen LogP) is 3.41. The molecule has 2 N–H and O–H groups in total. The summed E-state index contributed by atoms with van der Waals surface area (Å²) in [6.07, 6.45) is 2.10. The quantitative estimate of drug-likeness (QED) is 0.730. The normalized spacial score (nSPS) is 10.3. The van der Waals surface area contributed by atoms with E-state index in [0.29, 0.717) is 30.3 Å². The van der Waals surface area contributed by atoms with E-state index in [9.17, 15) is 4.39 Å². The molecule has 3 aromatic rings. The van der Waals surface area contributed by atoms with Crippen LogP contribution >= 0.6 is 0 Å². The summed E-state index contributed by atoms with van der Waals surface area (Å²) in [4.78, 5) is 4.33. The van der Waals surface area contributed by atoms with Crippen molar-refractivity contribution in [3.05, 3.63) is 72.2 Å². The summed E-state index contributed by atoms with van der Waals surface area (Å²) in [5.41, 5.74) is 1.58. The van der Waals surface area contributed by atoms with Gasteiger partial charge >= 0.3 is 0 Å². The Morgan fingerprint density at radius 2 is 1.74 bits per heavy atom. The first-order valence-electron chi connectivity index (χ1n) is 7.30. The summed E-state index contributed by atoms with van der Waals surface area (Å²) in [6.45, 7) is 0.525. The van der Waals surface area contributed by atoms with E-state index in [4.69, 9.17) is 0 Å². The van der Waals surface area contributed by atoms with Gasteiger partial charge in [-0.1, -0.05) is 36.4 Å². The van der Waals surface area contributed by atoms with Gasteiger partial charge in [0.1, 0.15) is 5.82 Å². The van der Waals surface area contributed by atoms with E-state index < -0.39 is 0 Å². The molecule has 0 saturated heterocycles. The van der Waals surface area contributed by atoms with Crippen molar-refractivity contribution in [2.24, 2.45) is 0 Å². The van der Waals surface area contributed by atoms with Crippen LogP contribution in [0.4, 0.5) is 21.8 Å². The van der Waals surface area contributed by atoms with Gasteiger partial charge in [-0.25, -0.2) is 4.39 Å². The number of aromatic nitrogens is 3. The Bertz CT molecular complexity index is 764. The molecule has 2 aromatic carbocycles. The molecule has 0 unspecified atom stereocenters. The first-order valence-corrected chi connectivity index (χ1v) is 7.30. The average Bonchev–Trinajstić information content (AvgIpc) is 2.58. The fourth-order valence-electron chi connectivity index (χ4n) is 2.12. The van der Waals surface area contributed by atoms with Crippen LogP contribution in [0.25, 0.3) is 0 Å². The van der Waals surface area contributed by atoms with E-state index in [-0.39, 0.29) is 5.82 Å². The zero-order valence-corrected chi connectivity index (χ0v) is 12.4. The Labute approximate surface area is 133 Å². The number of benzene rings is 2. The molecule has 5 nitrogen and oxygen atoms in total. The molecule has 3 rings (SSSR count). The minimum atomic E-state index is -0.201. The molecule has 0 bridgehead atoms. The molecule has 0 radical (unpaired) electrons. The number of halogens is 1. The van der Waals surface area contributed by atoms with Gasteiger partial charge in [0, 0.05) is 12.2 Å². The Morgan fingerprint density at radius 3 is 2.57 bits per heavy atom. The molecule has 0 aliphatic carbocycles. The van der Waals surface area contributed by atoms with Crippen LogP contribution in [0.3, 0.4) is 0 Å². The van der Waals surface area contributed by atoms with Crippen molar-refractivity contribution in [3.8, 4) is 0 Å². The van der Waals surface area contributed by atoms with Crippen molar-refractivity contribution >= 4 is 17.5 Å². The van der Waals surface area contributed by atoms with Crippen LogP contribution in [0.1, 0.15) is 5.56 Å². The van der Waals surface area contributed by atoms with Gasteiger partial charge in [-0.2, -0.15) is 10.1 Å². The van der Waals surface area contributed by atoms with E-state index in [2.05, 4.69) is 25.8 Å². The lowest BCUT2D eigenvalue weighted by molar-refractivity contribution is 0.610. The molecule has 116 valence electrons. The molecule has 0 aliphatic heterocycles. The fraction of sp³-hybridized carbons (Fsp3) is 0.118. The topological polar surface area (TPSA) is 62.7 Å². The minimum absolute atomic E-state index is 0.201. The van der Waals surface area contributed by atoms with Crippen molar-refractivity contribution < 1.29 is 4.39 Å². The molecular weight excluding hydrogens is 293 g/mol. The third kappa shape index (κ3) is 4.23.